The maximum absolute atomic E-state index is 13.1. The molecule has 1 amide bonds. The summed E-state index contributed by atoms with van der Waals surface area (Å²) in [5.74, 6) is -0.327. The van der Waals surface area contributed by atoms with Crippen molar-refractivity contribution in [1.29, 1.82) is 0 Å². The molecule has 0 bridgehead atoms. The zero-order valence-electron chi connectivity index (χ0n) is 11.9. The average Bonchev–Trinajstić information content (AvgIpc) is 2.49. The summed E-state index contributed by atoms with van der Waals surface area (Å²) in [7, 11) is 0. The maximum atomic E-state index is 13.1. The van der Waals surface area contributed by atoms with Gasteiger partial charge in [-0.1, -0.05) is 18.2 Å². The number of carbonyl (C=O) groups is 1. The SMILES string of the molecule is CCOc1ccccc1NC(=S)NC(=O)c1cccc(F)c1. The fourth-order valence-electron chi connectivity index (χ4n) is 1.81. The number of amides is 1. The van der Waals surface area contributed by atoms with Gasteiger partial charge in [-0.05, 0) is 49.5 Å². The zero-order chi connectivity index (χ0) is 15.9. The third-order valence-corrected chi connectivity index (χ3v) is 2.95. The lowest BCUT2D eigenvalue weighted by Gasteiger charge is -2.13. The minimum Gasteiger partial charge on any atom is -0.492 e. The Hall–Kier alpha value is -2.47. The van der Waals surface area contributed by atoms with E-state index in [9.17, 15) is 9.18 Å². The molecular formula is C16H15FN2O2S. The molecule has 6 heteroatoms. The topological polar surface area (TPSA) is 50.4 Å². The summed E-state index contributed by atoms with van der Waals surface area (Å²) in [6, 6.07) is 12.6. The highest BCUT2D eigenvalue weighted by molar-refractivity contribution is 7.80. The third kappa shape index (κ3) is 4.26. The van der Waals surface area contributed by atoms with Crippen molar-refractivity contribution in [3.05, 3.63) is 59.9 Å². The molecule has 0 aliphatic rings. The zero-order valence-corrected chi connectivity index (χ0v) is 12.7. The van der Waals surface area contributed by atoms with E-state index in [2.05, 4.69) is 10.6 Å². The van der Waals surface area contributed by atoms with Crippen LogP contribution in [0.4, 0.5) is 10.1 Å². The molecule has 0 spiro atoms. The Morgan fingerprint density at radius 2 is 2.00 bits per heavy atom. The van der Waals surface area contributed by atoms with E-state index in [0.717, 1.165) is 6.07 Å². The Kier molecular flexibility index (Phi) is 5.43. The number of carbonyl (C=O) groups excluding carboxylic acids is 1. The first-order chi connectivity index (χ1) is 10.6. The Balaban J connectivity index is 2.03. The van der Waals surface area contributed by atoms with E-state index in [1.54, 1.807) is 12.1 Å². The first-order valence-electron chi connectivity index (χ1n) is 6.70. The van der Waals surface area contributed by atoms with Crippen molar-refractivity contribution in [2.75, 3.05) is 11.9 Å². The molecule has 0 saturated carbocycles. The Morgan fingerprint density at radius 3 is 2.73 bits per heavy atom. The fraction of sp³-hybridized carbons (Fsp3) is 0.125. The Morgan fingerprint density at radius 1 is 1.23 bits per heavy atom. The second kappa shape index (κ2) is 7.51. The summed E-state index contributed by atoms with van der Waals surface area (Å²) in [6.07, 6.45) is 0. The van der Waals surface area contributed by atoms with E-state index >= 15 is 0 Å². The van der Waals surface area contributed by atoms with E-state index in [4.69, 9.17) is 17.0 Å². The summed E-state index contributed by atoms with van der Waals surface area (Å²) in [6.45, 7) is 2.39. The molecule has 0 radical (unpaired) electrons. The summed E-state index contributed by atoms with van der Waals surface area (Å²) in [5.41, 5.74) is 0.844. The summed E-state index contributed by atoms with van der Waals surface area (Å²) in [5, 5.41) is 5.50. The Labute approximate surface area is 133 Å². The number of halogens is 1. The molecule has 2 aromatic rings. The third-order valence-electron chi connectivity index (χ3n) is 2.75. The van der Waals surface area contributed by atoms with Gasteiger partial charge in [0.25, 0.3) is 5.91 Å². The van der Waals surface area contributed by atoms with Crippen molar-refractivity contribution in [3.8, 4) is 5.75 Å². The number of anilines is 1. The highest BCUT2D eigenvalue weighted by atomic mass is 32.1. The van der Waals surface area contributed by atoms with Crippen LogP contribution < -0.4 is 15.4 Å². The van der Waals surface area contributed by atoms with Gasteiger partial charge in [0.1, 0.15) is 11.6 Å². The number of nitrogens with one attached hydrogen (secondary N) is 2. The van der Waals surface area contributed by atoms with E-state index in [1.165, 1.54) is 18.2 Å². The van der Waals surface area contributed by atoms with Gasteiger partial charge in [-0.25, -0.2) is 4.39 Å². The average molecular weight is 318 g/mol. The van der Waals surface area contributed by atoms with Crippen LogP contribution in [0.3, 0.4) is 0 Å². The molecule has 0 heterocycles. The number of benzene rings is 2. The number of para-hydroxylation sites is 2. The molecule has 114 valence electrons. The van der Waals surface area contributed by atoms with Crippen LogP contribution in [-0.4, -0.2) is 17.6 Å². The van der Waals surface area contributed by atoms with E-state index in [-0.39, 0.29) is 10.7 Å². The molecule has 0 aromatic heterocycles. The number of rotatable bonds is 4. The van der Waals surface area contributed by atoms with Crippen molar-refractivity contribution in [1.82, 2.24) is 5.32 Å². The quantitative estimate of drug-likeness (QED) is 0.849. The molecule has 22 heavy (non-hydrogen) atoms. The van der Waals surface area contributed by atoms with Gasteiger partial charge in [-0.3, -0.25) is 10.1 Å². The van der Waals surface area contributed by atoms with Crippen LogP contribution in [0.25, 0.3) is 0 Å². The molecule has 2 rings (SSSR count). The molecule has 0 aliphatic heterocycles. The largest absolute Gasteiger partial charge is 0.492 e. The summed E-state index contributed by atoms with van der Waals surface area (Å²) in [4.78, 5) is 12.0. The molecular weight excluding hydrogens is 303 g/mol. The fourth-order valence-corrected chi connectivity index (χ4v) is 2.01. The predicted molar refractivity (Wildman–Crippen MR) is 87.7 cm³/mol. The van der Waals surface area contributed by atoms with Gasteiger partial charge in [0.15, 0.2) is 5.11 Å². The lowest BCUT2D eigenvalue weighted by Crippen LogP contribution is -2.34. The molecule has 0 unspecified atom stereocenters. The molecule has 2 aromatic carbocycles. The monoisotopic (exact) mass is 318 g/mol. The van der Waals surface area contributed by atoms with Crippen molar-refractivity contribution >= 4 is 28.9 Å². The number of hydrogen-bond acceptors (Lipinski definition) is 3. The lowest BCUT2D eigenvalue weighted by atomic mass is 10.2. The second-order valence-corrected chi connectivity index (χ2v) is 4.76. The second-order valence-electron chi connectivity index (χ2n) is 4.35. The molecule has 0 aliphatic carbocycles. The molecule has 0 fully saturated rings. The highest BCUT2D eigenvalue weighted by Gasteiger charge is 2.10. The van der Waals surface area contributed by atoms with Gasteiger partial charge in [0, 0.05) is 5.56 Å². The smallest absolute Gasteiger partial charge is 0.257 e. The van der Waals surface area contributed by atoms with Gasteiger partial charge in [0.05, 0.1) is 12.3 Å². The van der Waals surface area contributed by atoms with Crippen LogP contribution in [0.1, 0.15) is 17.3 Å². The van der Waals surface area contributed by atoms with Crippen molar-refractivity contribution < 1.29 is 13.9 Å². The molecule has 2 N–H and O–H groups in total. The maximum Gasteiger partial charge on any atom is 0.257 e. The predicted octanol–water partition coefficient (Wildman–Crippen LogP) is 3.35. The van der Waals surface area contributed by atoms with Crippen LogP contribution in [0.5, 0.6) is 5.75 Å². The highest BCUT2D eigenvalue weighted by Crippen LogP contribution is 2.23. The number of hydrogen-bond donors (Lipinski definition) is 2. The standard InChI is InChI=1S/C16H15FN2O2S/c1-2-21-14-9-4-3-8-13(14)18-16(22)19-15(20)11-6-5-7-12(17)10-11/h3-10H,2H2,1H3,(H2,18,19,20,22). The molecule has 4 nitrogen and oxygen atoms in total. The van der Waals surface area contributed by atoms with Gasteiger partial charge in [0.2, 0.25) is 0 Å². The normalized spacial score (nSPS) is 9.91. The summed E-state index contributed by atoms with van der Waals surface area (Å²) < 4.78 is 18.6. The van der Waals surface area contributed by atoms with Crippen LogP contribution in [-0.2, 0) is 0 Å². The number of ether oxygens (including phenoxy) is 1. The van der Waals surface area contributed by atoms with Gasteiger partial charge in [-0.15, -0.1) is 0 Å². The van der Waals surface area contributed by atoms with Gasteiger partial charge in [-0.2, -0.15) is 0 Å². The van der Waals surface area contributed by atoms with Crippen LogP contribution >= 0.6 is 12.2 Å². The number of thiocarbonyl (C=S) groups is 1. The van der Waals surface area contributed by atoms with Crippen molar-refractivity contribution in [3.63, 3.8) is 0 Å². The lowest BCUT2D eigenvalue weighted by molar-refractivity contribution is 0.0977. The molecule has 0 atom stereocenters. The summed E-state index contributed by atoms with van der Waals surface area (Å²) >= 11 is 5.10. The van der Waals surface area contributed by atoms with E-state index < -0.39 is 11.7 Å². The van der Waals surface area contributed by atoms with Crippen molar-refractivity contribution in [2.45, 2.75) is 6.92 Å². The van der Waals surface area contributed by atoms with Gasteiger partial charge >= 0.3 is 0 Å². The molecule has 0 saturated heterocycles. The minimum atomic E-state index is -0.481. The van der Waals surface area contributed by atoms with Crippen LogP contribution in [0.15, 0.2) is 48.5 Å². The first kappa shape index (κ1) is 15.9. The van der Waals surface area contributed by atoms with Crippen LogP contribution in [0, 0.1) is 5.82 Å². The minimum absolute atomic E-state index is 0.112. The van der Waals surface area contributed by atoms with E-state index in [0.29, 0.717) is 18.0 Å². The van der Waals surface area contributed by atoms with Crippen LogP contribution in [0.2, 0.25) is 0 Å². The first-order valence-corrected chi connectivity index (χ1v) is 7.10. The van der Waals surface area contributed by atoms with Gasteiger partial charge < -0.3 is 10.1 Å². The van der Waals surface area contributed by atoms with Crippen molar-refractivity contribution in [2.24, 2.45) is 0 Å². The van der Waals surface area contributed by atoms with E-state index in [1.807, 2.05) is 19.1 Å². The Bertz CT molecular complexity index is 691.